The van der Waals surface area contributed by atoms with Crippen LogP contribution in [0.2, 0.25) is 5.15 Å². The second-order valence-corrected chi connectivity index (χ2v) is 3.75. The zero-order chi connectivity index (χ0) is 9.26. The summed E-state index contributed by atoms with van der Waals surface area (Å²) in [5.74, 6) is 0. The van der Waals surface area contributed by atoms with Crippen LogP contribution in [0.25, 0.3) is 5.69 Å². The van der Waals surface area contributed by atoms with Gasteiger partial charge in [-0.15, -0.1) is 5.10 Å². The molecule has 0 bridgehead atoms. The molecule has 66 valence electrons. The summed E-state index contributed by atoms with van der Waals surface area (Å²) in [4.78, 5) is 0. The van der Waals surface area contributed by atoms with E-state index in [-0.39, 0.29) is 0 Å². The number of nitrogens with zero attached hydrogens (tertiary/aromatic N) is 3. The first-order chi connectivity index (χ1) is 6.27. The molecule has 1 aromatic carbocycles. The lowest BCUT2D eigenvalue weighted by atomic mass is 10.3. The molecule has 5 heteroatoms. The summed E-state index contributed by atoms with van der Waals surface area (Å²) >= 11 is 9.19. The summed E-state index contributed by atoms with van der Waals surface area (Å²) in [5.41, 5.74) is 0.894. The van der Waals surface area contributed by atoms with Gasteiger partial charge < -0.3 is 0 Å². The fourth-order valence-corrected chi connectivity index (χ4v) is 1.42. The highest BCUT2D eigenvalue weighted by Gasteiger charge is 2.01. The predicted molar refractivity (Wildman–Crippen MR) is 54.1 cm³/mol. The molecule has 13 heavy (non-hydrogen) atoms. The van der Waals surface area contributed by atoms with E-state index in [4.69, 9.17) is 11.6 Å². The Hall–Kier alpha value is -0.870. The van der Waals surface area contributed by atoms with Crippen LogP contribution in [0.4, 0.5) is 0 Å². The van der Waals surface area contributed by atoms with Gasteiger partial charge in [-0.2, -0.15) is 0 Å². The van der Waals surface area contributed by atoms with E-state index >= 15 is 0 Å². The SMILES string of the molecule is Clc1cnnn1-c1ccc(Br)cc1. The number of hydrogen-bond acceptors (Lipinski definition) is 2. The van der Waals surface area contributed by atoms with Gasteiger partial charge in [-0.1, -0.05) is 32.7 Å². The molecule has 1 heterocycles. The third-order valence-corrected chi connectivity index (χ3v) is 2.37. The maximum atomic E-state index is 5.84. The number of hydrogen-bond donors (Lipinski definition) is 0. The number of benzene rings is 1. The Balaban J connectivity index is 2.47. The maximum absolute atomic E-state index is 5.84. The van der Waals surface area contributed by atoms with Crippen LogP contribution in [0, 0.1) is 0 Å². The Morgan fingerprint density at radius 1 is 1.23 bits per heavy atom. The molecule has 0 saturated carbocycles. The van der Waals surface area contributed by atoms with Gasteiger partial charge in [0.15, 0.2) is 5.15 Å². The van der Waals surface area contributed by atoms with Crippen molar-refractivity contribution >= 4 is 27.5 Å². The molecule has 3 nitrogen and oxygen atoms in total. The summed E-state index contributed by atoms with van der Waals surface area (Å²) < 4.78 is 2.58. The first-order valence-corrected chi connectivity index (χ1v) is 4.76. The van der Waals surface area contributed by atoms with Gasteiger partial charge in [0, 0.05) is 4.47 Å². The molecule has 2 aromatic rings. The predicted octanol–water partition coefficient (Wildman–Crippen LogP) is 2.68. The van der Waals surface area contributed by atoms with E-state index in [0.717, 1.165) is 10.2 Å². The van der Waals surface area contributed by atoms with E-state index < -0.39 is 0 Å². The first-order valence-electron chi connectivity index (χ1n) is 3.59. The van der Waals surface area contributed by atoms with Crippen molar-refractivity contribution in [2.75, 3.05) is 0 Å². The molecule has 0 atom stereocenters. The van der Waals surface area contributed by atoms with Crippen molar-refractivity contribution in [3.63, 3.8) is 0 Å². The zero-order valence-corrected chi connectivity index (χ0v) is 8.83. The molecule has 0 spiro atoms. The van der Waals surface area contributed by atoms with Crippen LogP contribution >= 0.6 is 27.5 Å². The van der Waals surface area contributed by atoms with Crippen LogP contribution in [0.3, 0.4) is 0 Å². The first kappa shape index (κ1) is 8.72. The summed E-state index contributed by atoms with van der Waals surface area (Å²) in [7, 11) is 0. The monoisotopic (exact) mass is 257 g/mol. The van der Waals surface area contributed by atoms with Crippen molar-refractivity contribution in [2.45, 2.75) is 0 Å². The van der Waals surface area contributed by atoms with Crippen molar-refractivity contribution in [1.82, 2.24) is 15.0 Å². The lowest BCUT2D eigenvalue weighted by molar-refractivity contribution is 0.803. The lowest BCUT2D eigenvalue weighted by Crippen LogP contribution is -1.95. The third kappa shape index (κ3) is 1.73. The van der Waals surface area contributed by atoms with Gasteiger partial charge in [-0.25, -0.2) is 4.68 Å². The minimum absolute atomic E-state index is 0.502. The van der Waals surface area contributed by atoms with Gasteiger partial charge in [-0.3, -0.25) is 0 Å². The van der Waals surface area contributed by atoms with E-state index in [0.29, 0.717) is 5.15 Å². The molecule has 1 aromatic heterocycles. The molecule has 0 aliphatic carbocycles. The van der Waals surface area contributed by atoms with E-state index in [1.807, 2.05) is 24.3 Å². The van der Waals surface area contributed by atoms with Gasteiger partial charge >= 0.3 is 0 Å². The average Bonchev–Trinajstić information content (AvgIpc) is 2.53. The Morgan fingerprint density at radius 2 is 1.92 bits per heavy atom. The van der Waals surface area contributed by atoms with Crippen molar-refractivity contribution in [1.29, 1.82) is 0 Å². The van der Waals surface area contributed by atoms with Crippen LogP contribution in [-0.4, -0.2) is 15.0 Å². The van der Waals surface area contributed by atoms with Crippen LogP contribution in [0.5, 0.6) is 0 Å². The van der Waals surface area contributed by atoms with Gasteiger partial charge in [0.2, 0.25) is 0 Å². The normalized spacial score (nSPS) is 10.3. The van der Waals surface area contributed by atoms with Crippen molar-refractivity contribution in [3.8, 4) is 5.69 Å². The van der Waals surface area contributed by atoms with Crippen LogP contribution < -0.4 is 0 Å². The van der Waals surface area contributed by atoms with Crippen molar-refractivity contribution in [2.24, 2.45) is 0 Å². The zero-order valence-electron chi connectivity index (χ0n) is 6.48. The Labute approximate surface area is 88.5 Å². The molecule has 0 N–H and O–H groups in total. The summed E-state index contributed by atoms with van der Waals surface area (Å²) in [6.45, 7) is 0. The molecule has 0 radical (unpaired) electrons. The largest absolute Gasteiger partial charge is 0.202 e. The molecule has 0 fully saturated rings. The molecule has 0 amide bonds. The van der Waals surface area contributed by atoms with Gasteiger partial charge in [0.25, 0.3) is 0 Å². The topological polar surface area (TPSA) is 30.7 Å². The molecule has 2 rings (SSSR count). The highest BCUT2D eigenvalue weighted by atomic mass is 79.9. The number of rotatable bonds is 1. The van der Waals surface area contributed by atoms with Crippen molar-refractivity contribution in [3.05, 3.63) is 40.1 Å². The fourth-order valence-electron chi connectivity index (χ4n) is 0.980. The number of halogens is 2. The second kappa shape index (κ2) is 3.47. The van der Waals surface area contributed by atoms with Gasteiger partial charge in [-0.05, 0) is 24.3 Å². The fraction of sp³-hybridized carbons (Fsp3) is 0. The quantitative estimate of drug-likeness (QED) is 0.787. The smallest absolute Gasteiger partial charge is 0.153 e. The number of aromatic nitrogens is 3. The third-order valence-electron chi connectivity index (χ3n) is 1.58. The van der Waals surface area contributed by atoms with Crippen LogP contribution in [-0.2, 0) is 0 Å². The van der Waals surface area contributed by atoms with E-state index in [1.165, 1.54) is 6.20 Å². The van der Waals surface area contributed by atoms with E-state index in [9.17, 15) is 0 Å². The Bertz CT molecular complexity index is 410. The summed E-state index contributed by atoms with van der Waals surface area (Å²) in [5, 5.41) is 8.03. The average molecular weight is 259 g/mol. The summed E-state index contributed by atoms with van der Waals surface area (Å²) in [6.07, 6.45) is 1.50. The standard InChI is InChI=1S/C8H5BrClN3/c9-6-1-3-7(4-2-6)13-8(10)5-11-12-13/h1-5H. The minimum Gasteiger partial charge on any atom is -0.202 e. The Morgan fingerprint density at radius 3 is 2.46 bits per heavy atom. The molecule has 0 unspecified atom stereocenters. The summed E-state index contributed by atoms with van der Waals surface area (Å²) in [6, 6.07) is 7.66. The Kier molecular flexibility index (Phi) is 2.33. The van der Waals surface area contributed by atoms with E-state index in [2.05, 4.69) is 26.2 Å². The van der Waals surface area contributed by atoms with Crippen molar-refractivity contribution < 1.29 is 0 Å². The minimum atomic E-state index is 0.502. The molecule has 0 aliphatic heterocycles. The molecular weight excluding hydrogens is 253 g/mol. The molecular formula is C8H5BrClN3. The van der Waals surface area contributed by atoms with Crippen LogP contribution in [0.1, 0.15) is 0 Å². The van der Waals surface area contributed by atoms with Crippen LogP contribution in [0.15, 0.2) is 34.9 Å². The second-order valence-electron chi connectivity index (χ2n) is 2.44. The van der Waals surface area contributed by atoms with E-state index in [1.54, 1.807) is 4.68 Å². The van der Waals surface area contributed by atoms with Gasteiger partial charge in [0.1, 0.15) is 0 Å². The van der Waals surface area contributed by atoms with Gasteiger partial charge in [0.05, 0.1) is 11.9 Å². The molecule has 0 aliphatic rings. The highest BCUT2D eigenvalue weighted by Crippen LogP contribution is 2.16. The maximum Gasteiger partial charge on any atom is 0.153 e. The molecule has 0 saturated heterocycles. The highest BCUT2D eigenvalue weighted by molar-refractivity contribution is 9.10. The lowest BCUT2D eigenvalue weighted by Gasteiger charge is -2.00.